The minimum Gasteiger partial charge on any atom is -0.393 e. The average molecular weight is 143 g/mol. The molecule has 0 aliphatic heterocycles. The number of hydrogen-bond acceptors (Lipinski definition) is 2. The van der Waals surface area contributed by atoms with E-state index in [1.165, 1.54) is 25.7 Å². The van der Waals surface area contributed by atoms with Crippen LogP contribution in [0, 0.1) is 5.92 Å². The fraction of sp³-hybridized carbons (Fsp3) is 1.00. The Bertz CT molecular complexity index is 89.3. The van der Waals surface area contributed by atoms with E-state index in [0.717, 1.165) is 6.42 Å². The van der Waals surface area contributed by atoms with E-state index < -0.39 is 0 Å². The molecule has 3 N–H and O–H groups in total. The molecule has 2 nitrogen and oxygen atoms in total. The zero-order valence-electron chi connectivity index (χ0n) is 6.42. The first-order valence-corrected chi connectivity index (χ1v) is 4.22. The van der Waals surface area contributed by atoms with E-state index in [1.54, 1.807) is 0 Å². The van der Waals surface area contributed by atoms with Gasteiger partial charge in [0.1, 0.15) is 0 Å². The number of aliphatic hydroxyl groups excluding tert-OH is 1. The Labute approximate surface area is 62.4 Å². The first-order chi connectivity index (χ1) is 4.84. The Balaban J connectivity index is 2.18. The molecule has 0 saturated heterocycles. The van der Waals surface area contributed by atoms with E-state index in [9.17, 15) is 5.11 Å². The molecule has 1 aliphatic rings. The summed E-state index contributed by atoms with van der Waals surface area (Å²) in [6.45, 7) is 0.623. The van der Waals surface area contributed by atoms with Crippen molar-refractivity contribution in [3.8, 4) is 0 Å². The van der Waals surface area contributed by atoms with Crippen LogP contribution in [0.4, 0.5) is 0 Å². The normalized spacial score (nSPS) is 23.4. The van der Waals surface area contributed by atoms with E-state index in [0.29, 0.717) is 12.5 Å². The third-order valence-electron chi connectivity index (χ3n) is 2.41. The first kappa shape index (κ1) is 8.02. The van der Waals surface area contributed by atoms with E-state index >= 15 is 0 Å². The van der Waals surface area contributed by atoms with Gasteiger partial charge in [0.05, 0.1) is 6.10 Å². The Morgan fingerprint density at radius 3 is 2.50 bits per heavy atom. The molecule has 10 heavy (non-hydrogen) atoms. The summed E-state index contributed by atoms with van der Waals surface area (Å²) >= 11 is 0. The Morgan fingerprint density at radius 1 is 1.40 bits per heavy atom. The molecule has 0 heterocycles. The van der Waals surface area contributed by atoms with Crippen LogP contribution in [0.5, 0.6) is 0 Å². The van der Waals surface area contributed by atoms with Gasteiger partial charge in [-0.05, 0) is 31.7 Å². The second-order valence-electron chi connectivity index (χ2n) is 3.19. The molecule has 1 saturated carbocycles. The van der Waals surface area contributed by atoms with Crippen molar-refractivity contribution < 1.29 is 5.11 Å². The second-order valence-corrected chi connectivity index (χ2v) is 3.19. The van der Waals surface area contributed by atoms with E-state index in [-0.39, 0.29) is 6.10 Å². The third-order valence-corrected chi connectivity index (χ3v) is 2.41. The van der Waals surface area contributed by atoms with Gasteiger partial charge >= 0.3 is 0 Å². The van der Waals surface area contributed by atoms with Crippen molar-refractivity contribution >= 4 is 0 Å². The molecule has 0 bridgehead atoms. The van der Waals surface area contributed by atoms with Gasteiger partial charge in [0.25, 0.3) is 0 Å². The van der Waals surface area contributed by atoms with Crippen molar-refractivity contribution in [1.82, 2.24) is 0 Å². The van der Waals surface area contributed by atoms with Gasteiger partial charge in [0.15, 0.2) is 0 Å². The summed E-state index contributed by atoms with van der Waals surface area (Å²) in [5.74, 6) is 0.559. The monoisotopic (exact) mass is 143 g/mol. The summed E-state index contributed by atoms with van der Waals surface area (Å²) in [5, 5.41) is 9.47. The van der Waals surface area contributed by atoms with Crippen LogP contribution in [-0.2, 0) is 0 Å². The highest BCUT2D eigenvalue weighted by Gasteiger charge is 2.21. The molecule has 60 valence electrons. The molecule has 0 aromatic heterocycles. The van der Waals surface area contributed by atoms with E-state index in [4.69, 9.17) is 5.73 Å². The molecule has 0 spiro atoms. The quantitative estimate of drug-likeness (QED) is 0.616. The van der Waals surface area contributed by atoms with Crippen LogP contribution >= 0.6 is 0 Å². The maximum Gasteiger partial charge on any atom is 0.0580 e. The van der Waals surface area contributed by atoms with Gasteiger partial charge in [-0.15, -0.1) is 0 Å². The number of rotatable bonds is 3. The average Bonchev–Trinajstić information content (AvgIpc) is 2.38. The van der Waals surface area contributed by atoms with Crippen molar-refractivity contribution in [2.45, 2.75) is 38.2 Å². The van der Waals surface area contributed by atoms with Crippen molar-refractivity contribution in [1.29, 1.82) is 0 Å². The first-order valence-electron chi connectivity index (χ1n) is 4.22. The summed E-state index contributed by atoms with van der Waals surface area (Å²) in [4.78, 5) is 0. The minimum absolute atomic E-state index is 0.118. The summed E-state index contributed by atoms with van der Waals surface area (Å²) in [6, 6.07) is 0. The lowest BCUT2D eigenvalue weighted by Crippen LogP contribution is -2.21. The van der Waals surface area contributed by atoms with Crippen LogP contribution in [0.25, 0.3) is 0 Å². The van der Waals surface area contributed by atoms with Crippen LogP contribution in [0.3, 0.4) is 0 Å². The summed E-state index contributed by atoms with van der Waals surface area (Å²) in [5.41, 5.74) is 5.34. The SMILES string of the molecule is NCC[C@H](O)C1CCCC1. The number of aliphatic hydroxyl groups is 1. The van der Waals surface area contributed by atoms with Gasteiger partial charge in [0, 0.05) is 0 Å². The summed E-state index contributed by atoms with van der Waals surface area (Å²) in [7, 11) is 0. The summed E-state index contributed by atoms with van der Waals surface area (Å²) in [6.07, 6.45) is 5.68. The predicted octanol–water partition coefficient (Wildman–Crippen LogP) is 0.886. The zero-order chi connectivity index (χ0) is 7.40. The molecule has 0 amide bonds. The van der Waals surface area contributed by atoms with Crippen LogP contribution in [-0.4, -0.2) is 17.8 Å². The highest BCUT2D eigenvalue weighted by Crippen LogP contribution is 2.28. The van der Waals surface area contributed by atoms with Crippen LogP contribution in [0.1, 0.15) is 32.1 Å². The Kier molecular flexibility index (Phi) is 3.16. The van der Waals surface area contributed by atoms with Gasteiger partial charge in [-0.1, -0.05) is 12.8 Å². The van der Waals surface area contributed by atoms with Crippen molar-refractivity contribution in [2.24, 2.45) is 11.7 Å². The standard InChI is InChI=1S/C8H17NO/c9-6-5-8(10)7-3-1-2-4-7/h7-8,10H,1-6,9H2/t8-/m0/s1. The molecule has 1 fully saturated rings. The van der Waals surface area contributed by atoms with Crippen molar-refractivity contribution in [2.75, 3.05) is 6.54 Å². The van der Waals surface area contributed by atoms with Crippen molar-refractivity contribution in [3.05, 3.63) is 0 Å². The molecule has 0 aromatic carbocycles. The molecule has 1 aliphatic carbocycles. The topological polar surface area (TPSA) is 46.2 Å². The highest BCUT2D eigenvalue weighted by atomic mass is 16.3. The fourth-order valence-corrected chi connectivity index (χ4v) is 1.75. The lowest BCUT2D eigenvalue weighted by Gasteiger charge is -2.15. The molecule has 1 rings (SSSR count). The summed E-state index contributed by atoms with van der Waals surface area (Å²) < 4.78 is 0. The minimum atomic E-state index is -0.118. The molecule has 1 atom stereocenters. The lowest BCUT2D eigenvalue weighted by molar-refractivity contribution is 0.104. The van der Waals surface area contributed by atoms with Crippen LogP contribution in [0.2, 0.25) is 0 Å². The maximum absolute atomic E-state index is 9.47. The highest BCUT2D eigenvalue weighted by molar-refractivity contribution is 4.74. The molecule has 0 aromatic rings. The number of nitrogens with two attached hydrogens (primary N) is 1. The Hall–Kier alpha value is -0.0800. The van der Waals surface area contributed by atoms with Crippen molar-refractivity contribution in [3.63, 3.8) is 0 Å². The molecule has 0 radical (unpaired) electrons. The second kappa shape index (κ2) is 3.94. The largest absolute Gasteiger partial charge is 0.393 e. The zero-order valence-corrected chi connectivity index (χ0v) is 6.42. The third kappa shape index (κ3) is 1.96. The van der Waals surface area contributed by atoms with Gasteiger partial charge in [-0.3, -0.25) is 0 Å². The van der Waals surface area contributed by atoms with E-state index in [2.05, 4.69) is 0 Å². The molecular weight excluding hydrogens is 126 g/mol. The lowest BCUT2D eigenvalue weighted by atomic mass is 9.98. The van der Waals surface area contributed by atoms with Gasteiger partial charge in [-0.25, -0.2) is 0 Å². The predicted molar refractivity (Wildman–Crippen MR) is 41.6 cm³/mol. The molecule has 0 unspecified atom stereocenters. The van der Waals surface area contributed by atoms with E-state index in [1.807, 2.05) is 0 Å². The number of hydrogen-bond donors (Lipinski definition) is 2. The van der Waals surface area contributed by atoms with Gasteiger partial charge < -0.3 is 10.8 Å². The van der Waals surface area contributed by atoms with Gasteiger partial charge in [-0.2, -0.15) is 0 Å². The maximum atomic E-state index is 9.47. The Morgan fingerprint density at radius 2 is 2.00 bits per heavy atom. The van der Waals surface area contributed by atoms with Gasteiger partial charge in [0.2, 0.25) is 0 Å². The molecular formula is C8H17NO. The van der Waals surface area contributed by atoms with Crippen LogP contribution < -0.4 is 5.73 Å². The fourth-order valence-electron chi connectivity index (χ4n) is 1.75. The van der Waals surface area contributed by atoms with Crippen LogP contribution in [0.15, 0.2) is 0 Å². The smallest absolute Gasteiger partial charge is 0.0580 e. The molecule has 2 heteroatoms.